The van der Waals surface area contributed by atoms with Gasteiger partial charge in [0.2, 0.25) is 0 Å². The van der Waals surface area contributed by atoms with Gasteiger partial charge < -0.3 is 4.43 Å². The highest BCUT2D eigenvalue weighted by atomic mass is 28.3. The van der Waals surface area contributed by atoms with E-state index in [0.29, 0.717) is 0 Å². The predicted molar refractivity (Wildman–Crippen MR) is 53.9 cm³/mol. The van der Waals surface area contributed by atoms with Crippen molar-refractivity contribution in [3.8, 4) is 0 Å². The van der Waals surface area contributed by atoms with Crippen molar-refractivity contribution in [3.05, 3.63) is 0 Å². The van der Waals surface area contributed by atoms with Crippen molar-refractivity contribution >= 4 is 9.04 Å². The molecule has 0 spiro atoms. The zero-order valence-electron chi connectivity index (χ0n) is 7.93. The van der Waals surface area contributed by atoms with Crippen LogP contribution in [-0.4, -0.2) is 15.6 Å². The molecular weight excluding hydrogens is 164 g/mol. The van der Waals surface area contributed by atoms with Gasteiger partial charge in [0.1, 0.15) is 0 Å². The smallest absolute Gasteiger partial charge is 0.177 e. The van der Waals surface area contributed by atoms with Gasteiger partial charge in [-0.1, -0.05) is 32.1 Å². The maximum atomic E-state index is 5.88. The third-order valence-electron chi connectivity index (χ3n) is 3.34. The van der Waals surface area contributed by atoms with E-state index in [0.717, 1.165) is 12.5 Å². The van der Waals surface area contributed by atoms with Crippen molar-refractivity contribution in [2.24, 2.45) is 5.92 Å². The highest BCUT2D eigenvalue weighted by molar-refractivity contribution is 6.52. The van der Waals surface area contributed by atoms with Crippen LogP contribution in [0.1, 0.15) is 38.5 Å². The van der Waals surface area contributed by atoms with E-state index < -0.39 is 9.04 Å². The Balaban J connectivity index is 1.69. The molecule has 1 aliphatic carbocycles. The van der Waals surface area contributed by atoms with Gasteiger partial charge in [0, 0.05) is 6.61 Å². The van der Waals surface area contributed by atoms with Crippen LogP contribution in [0.5, 0.6) is 0 Å². The second kappa shape index (κ2) is 4.42. The first kappa shape index (κ1) is 8.76. The summed E-state index contributed by atoms with van der Waals surface area (Å²) in [6.45, 7) is 1.09. The van der Waals surface area contributed by atoms with Crippen LogP contribution in [0.15, 0.2) is 0 Å². The third-order valence-corrected chi connectivity index (χ3v) is 6.30. The fraction of sp³-hybridized carbons (Fsp3) is 1.00. The minimum atomic E-state index is -0.679. The number of rotatable bonds is 2. The summed E-state index contributed by atoms with van der Waals surface area (Å²) in [5, 5.41) is 0. The van der Waals surface area contributed by atoms with Crippen molar-refractivity contribution in [2.45, 2.75) is 50.6 Å². The largest absolute Gasteiger partial charge is 0.420 e. The molecular formula is C10H20OSi. The Morgan fingerprint density at radius 2 is 1.92 bits per heavy atom. The minimum absolute atomic E-state index is 0.679. The molecule has 0 aromatic heterocycles. The van der Waals surface area contributed by atoms with Crippen LogP contribution < -0.4 is 0 Å². The maximum Gasteiger partial charge on any atom is 0.177 e. The minimum Gasteiger partial charge on any atom is -0.420 e. The van der Waals surface area contributed by atoms with Crippen LogP contribution >= 0.6 is 0 Å². The van der Waals surface area contributed by atoms with E-state index in [1.54, 1.807) is 0 Å². The second-order valence-electron chi connectivity index (χ2n) is 4.37. The number of hydrogen-bond acceptors (Lipinski definition) is 1. The summed E-state index contributed by atoms with van der Waals surface area (Å²) in [5.74, 6) is 1.07. The molecule has 2 aliphatic rings. The van der Waals surface area contributed by atoms with Gasteiger partial charge in [0.05, 0.1) is 0 Å². The maximum absolute atomic E-state index is 5.88. The Bertz CT molecular complexity index is 126. The SMILES string of the molecule is C1CC[SiH](CC2CCCC2)OC1. The van der Waals surface area contributed by atoms with Crippen LogP contribution in [0.25, 0.3) is 0 Å². The van der Waals surface area contributed by atoms with Gasteiger partial charge >= 0.3 is 0 Å². The van der Waals surface area contributed by atoms with E-state index >= 15 is 0 Å². The second-order valence-corrected chi connectivity index (χ2v) is 7.00. The zero-order valence-corrected chi connectivity index (χ0v) is 9.08. The summed E-state index contributed by atoms with van der Waals surface area (Å²) >= 11 is 0. The first-order chi connectivity index (χ1) is 5.95. The molecule has 2 fully saturated rings. The van der Waals surface area contributed by atoms with Crippen molar-refractivity contribution in [3.63, 3.8) is 0 Å². The molecule has 1 nitrogen and oxygen atoms in total. The average Bonchev–Trinajstić information content (AvgIpc) is 2.59. The highest BCUT2D eigenvalue weighted by Gasteiger charge is 2.23. The molecule has 1 saturated heterocycles. The van der Waals surface area contributed by atoms with Crippen molar-refractivity contribution < 1.29 is 4.43 Å². The number of hydrogen-bond donors (Lipinski definition) is 0. The fourth-order valence-corrected chi connectivity index (χ4v) is 5.61. The van der Waals surface area contributed by atoms with Gasteiger partial charge in [0.25, 0.3) is 0 Å². The van der Waals surface area contributed by atoms with Gasteiger partial charge in [-0.3, -0.25) is 0 Å². The standard InChI is InChI=1S/C10H20OSi/c1-2-6-10(5-1)9-12-8-4-3-7-11-12/h10,12H,1-9H2. The normalized spacial score (nSPS) is 32.5. The topological polar surface area (TPSA) is 9.23 Å². The van der Waals surface area contributed by atoms with Crippen LogP contribution in [0.3, 0.4) is 0 Å². The molecule has 0 aromatic rings. The lowest BCUT2D eigenvalue weighted by molar-refractivity contribution is 0.281. The van der Waals surface area contributed by atoms with E-state index in [9.17, 15) is 0 Å². The lowest BCUT2D eigenvalue weighted by Gasteiger charge is -2.23. The van der Waals surface area contributed by atoms with E-state index in [1.807, 2.05) is 0 Å². The van der Waals surface area contributed by atoms with Crippen LogP contribution in [-0.2, 0) is 4.43 Å². The molecule has 2 rings (SSSR count). The molecule has 1 saturated carbocycles. The molecule has 1 atom stereocenters. The van der Waals surface area contributed by atoms with E-state index in [-0.39, 0.29) is 0 Å². The Morgan fingerprint density at radius 3 is 2.58 bits per heavy atom. The quantitative estimate of drug-likeness (QED) is 0.600. The first-order valence-electron chi connectivity index (χ1n) is 5.57. The fourth-order valence-electron chi connectivity index (χ4n) is 2.61. The lowest BCUT2D eigenvalue weighted by Crippen LogP contribution is -2.25. The van der Waals surface area contributed by atoms with E-state index in [4.69, 9.17) is 4.43 Å². The van der Waals surface area contributed by atoms with E-state index in [1.165, 1.54) is 50.6 Å². The molecule has 1 heterocycles. The molecule has 0 aromatic carbocycles. The lowest BCUT2D eigenvalue weighted by atomic mass is 10.1. The molecule has 70 valence electrons. The van der Waals surface area contributed by atoms with Crippen molar-refractivity contribution in [1.82, 2.24) is 0 Å². The summed E-state index contributed by atoms with van der Waals surface area (Å²) in [7, 11) is -0.679. The summed E-state index contributed by atoms with van der Waals surface area (Å²) in [4.78, 5) is 0. The first-order valence-corrected chi connectivity index (χ1v) is 7.67. The molecule has 1 aliphatic heterocycles. The Hall–Kier alpha value is 0.177. The molecule has 0 N–H and O–H groups in total. The third kappa shape index (κ3) is 2.33. The molecule has 1 unspecified atom stereocenters. The molecule has 12 heavy (non-hydrogen) atoms. The summed E-state index contributed by atoms with van der Waals surface area (Å²) in [6, 6.07) is 2.97. The Labute approximate surface area is 77.2 Å². The van der Waals surface area contributed by atoms with Crippen LogP contribution in [0.2, 0.25) is 12.1 Å². The summed E-state index contributed by atoms with van der Waals surface area (Å²) in [6.07, 6.45) is 8.79. The molecule has 0 radical (unpaired) electrons. The van der Waals surface area contributed by atoms with Gasteiger partial charge in [-0.05, 0) is 24.4 Å². The monoisotopic (exact) mass is 184 g/mol. The van der Waals surface area contributed by atoms with Crippen molar-refractivity contribution in [2.75, 3.05) is 6.61 Å². The molecule has 0 bridgehead atoms. The van der Waals surface area contributed by atoms with Crippen molar-refractivity contribution in [1.29, 1.82) is 0 Å². The molecule has 2 heteroatoms. The highest BCUT2D eigenvalue weighted by Crippen LogP contribution is 2.31. The predicted octanol–water partition coefficient (Wildman–Crippen LogP) is 2.71. The van der Waals surface area contributed by atoms with Crippen LogP contribution in [0.4, 0.5) is 0 Å². The van der Waals surface area contributed by atoms with Gasteiger partial charge in [-0.15, -0.1) is 0 Å². The average molecular weight is 184 g/mol. The van der Waals surface area contributed by atoms with Gasteiger partial charge in [-0.2, -0.15) is 0 Å². The molecule has 0 amide bonds. The Kier molecular flexibility index (Phi) is 3.23. The van der Waals surface area contributed by atoms with Gasteiger partial charge in [-0.25, -0.2) is 0 Å². The van der Waals surface area contributed by atoms with Crippen LogP contribution in [0, 0.1) is 5.92 Å². The summed E-state index contributed by atoms with van der Waals surface area (Å²) < 4.78 is 5.88. The Morgan fingerprint density at radius 1 is 1.08 bits per heavy atom. The summed E-state index contributed by atoms with van der Waals surface area (Å²) in [5.41, 5.74) is 0. The van der Waals surface area contributed by atoms with E-state index in [2.05, 4.69) is 0 Å². The zero-order chi connectivity index (χ0) is 8.23. The van der Waals surface area contributed by atoms with Gasteiger partial charge in [0.15, 0.2) is 9.04 Å².